The smallest absolute Gasteiger partial charge is 0.259 e. The second kappa shape index (κ2) is 7.85. The second-order valence-corrected chi connectivity index (χ2v) is 8.89. The van der Waals surface area contributed by atoms with E-state index >= 15 is 0 Å². The predicted molar refractivity (Wildman–Crippen MR) is 113 cm³/mol. The fourth-order valence-corrected chi connectivity index (χ4v) is 5.17. The van der Waals surface area contributed by atoms with Crippen LogP contribution in [0.25, 0.3) is 10.8 Å². The van der Waals surface area contributed by atoms with E-state index in [2.05, 4.69) is 5.32 Å². The first kappa shape index (κ1) is 19.4. The predicted octanol–water partition coefficient (Wildman–Crippen LogP) is 3.89. The largest absolute Gasteiger partial charge is 0.496 e. The van der Waals surface area contributed by atoms with Crippen LogP contribution in [0, 0.1) is 0 Å². The molecule has 150 valence electrons. The van der Waals surface area contributed by atoms with Crippen molar-refractivity contribution in [1.29, 1.82) is 0 Å². The van der Waals surface area contributed by atoms with Crippen LogP contribution in [0.2, 0.25) is 0 Å². The second-order valence-electron chi connectivity index (χ2n) is 6.95. The molecule has 0 atom stereocenters. The fourth-order valence-electron chi connectivity index (χ4n) is 3.63. The van der Waals surface area contributed by atoms with Crippen molar-refractivity contribution in [3.05, 3.63) is 66.2 Å². The molecule has 0 bridgehead atoms. The summed E-state index contributed by atoms with van der Waals surface area (Å²) in [6.45, 7) is 1.01. The zero-order valence-electron chi connectivity index (χ0n) is 16.1. The molecule has 0 unspecified atom stereocenters. The van der Waals surface area contributed by atoms with Gasteiger partial charge in [-0.25, -0.2) is 8.42 Å². The minimum absolute atomic E-state index is 0.100. The van der Waals surface area contributed by atoms with Gasteiger partial charge < -0.3 is 10.1 Å². The number of hydrogen-bond acceptors (Lipinski definition) is 4. The molecule has 0 aliphatic carbocycles. The van der Waals surface area contributed by atoms with E-state index in [-0.39, 0.29) is 10.5 Å². The van der Waals surface area contributed by atoms with Gasteiger partial charge >= 0.3 is 0 Å². The normalized spacial score (nSPS) is 14.8. The van der Waals surface area contributed by atoms with Gasteiger partial charge in [-0.15, -0.1) is 0 Å². The minimum atomic E-state index is -3.63. The van der Waals surface area contributed by atoms with Crippen molar-refractivity contribution < 1.29 is 17.9 Å². The van der Waals surface area contributed by atoms with Crippen LogP contribution >= 0.6 is 0 Å². The van der Waals surface area contributed by atoms with E-state index in [0.29, 0.717) is 24.5 Å². The van der Waals surface area contributed by atoms with Crippen LogP contribution in [0.1, 0.15) is 23.2 Å². The molecule has 1 amide bonds. The van der Waals surface area contributed by atoms with Crippen molar-refractivity contribution in [2.45, 2.75) is 17.7 Å². The lowest BCUT2D eigenvalue weighted by molar-refractivity contribution is 0.102. The molecule has 7 heteroatoms. The third kappa shape index (κ3) is 3.71. The monoisotopic (exact) mass is 410 g/mol. The molecule has 3 aromatic rings. The average Bonchev–Trinajstić information content (AvgIpc) is 3.29. The Balaban J connectivity index is 1.70. The molecule has 4 rings (SSSR count). The van der Waals surface area contributed by atoms with E-state index in [1.54, 1.807) is 0 Å². The Labute approximate surface area is 170 Å². The van der Waals surface area contributed by atoms with Gasteiger partial charge in [0.1, 0.15) is 5.75 Å². The Morgan fingerprint density at radius 3 is 2.48 bits per heavy atom. The van der Waals surface area contributed by atoms with Crippen molar-refractivity contribution in [3.8, 4) is 5.75 Å². The van der Waals surface area contributed by atoms with Crippen molar-refractivity contribution in [1.82, 2.24) is 4.31 Å². The molecule has 1 saturated heterocycles. The van der Waals surface area contributed by atoms with Crippen molar-refractivity contribution in [2.24, 2.45) is 0 Å². The Bertz CT molecular complexity index is 1160. The molecule has 1 aliphatic rings. The molecule has 1 heterocycles. The van der Waals surface area contributed by atoms with E-state index < -0.39 is 15.9 Å². The molecule has 1 N–H and O–H groups in total. The molecule has 0 radical (unpaired) electrons. The summed E-state index contributed by atoms with van der Waals surface area (Å²) in [4.78, 5) is 13.1. The highest BCUT2D eigenvalue weighted by atomic mass is 32.2. The highest BCUT2D eigenvalue weighted by Crippen LogP contribution is 2.29. The summed E-state index contributed by atoms with van der Waals surface area (Å²) in [6.07, 6.45) is 1.70. The first-order valence-electron chi connectivity index (χ1n) is 9.48. The number of fused-ring (bicyclic) bond motifs is 1. The SMILES string of the molecule is COc1ccc(S(=O)(=O)N2CCCC2)cc1C(=O)Nc1cccc2ccccc12. The molecular formula is C22H22N2O4S. The number of anilines is 1. The van der Waals surface area contributed by atoms with Gasteiger partial charge in [-0.2, -0.15) is 4.31 Å². The van der Waals surface area contributed by atoms with Crippen molar-refractivity contribution in [3.63, 3.8) is 0 Å². The first-order chi connectivity index (χ1) is 14.0. The molecule has 29 heavy (non-hydrogen) atoms. The first-order valence-corrected chi connectivity index (χ1v) is 10.9. The van der Waals surface area contributed by atoms with E-state index in [0.717, 1.165) is 23.6 Å². The maximum atomic E-state index is 13.0. The average molecular weight is 410 g/mol. The topological polar surface area (TPSA) is 75.7 Å². The van der Waals surface area contributed by atoms with Crippen molar-refractivity contribution in [2.75, 3.05) is 25.5 Å². The maximum absolute atomic E-state index is 13.0. The zero-order valence-corrected chi connectivity index (χ0v) is 16.9. The number of carbonyl (C=O) groups excluding carboxylic acids is 1. The number of nitrogens with one attached hydrogen (secondary N) is 1. The number of carbonyl (C=O) groups is 1. The molecule has 0 spiro atoms. The highest BCUT2D eigenvalue weighted by molar-refractivity contribution is 7.89. The van der Waals surface area contributed by atoms with E-state index in [4.69, 9.17) is 4.74 Å². The van der Waals surface area contributed by atoms with Crippen LogP contribution in [-0.2, 0) is 10.0 Å². The van der Waals surface area contributed by atoms with Gasteiger partial charge in [0.25, 0.3) is 5.91 Å². The quantitative estimate of drug-likeness (QED) is 0.693. The summed E-state index contributed by atoms with van der Waals surface area (Å²) in [7, 11) is -2.17. The Hall–Kier alpha value is -2.90. The number of benzene rings is 3. The summed E-state index contributed by atoms with van der Waals surface area (Å²) >= 11 is 0. The number of rotatable bonds is 5. The number of sulfonamides is 1. The van der Waals surface area contributed by atoms with Crippen LogP contribution in [0.15, 0.2) is 65.6 Å². The van der Waals surface area contributed by atoms with Gasteiger partial charge in [0.2, 0.25) is 10.0 Å². The lowest BCUT2D eigenvalue weighted by Crippen LogP contribution is -2.28. The lowest BCUT2D eigenvalue weighted by atomic mass is 10.1. The Morgan fingerprint density at radius 2 is 1.72 bits per heavy atom. The van der Waals surface area contributed by atoms with Crippen LogP contribution < -0.4 is 10.1 Å². The third-order valence-electron chi connectivity index (χ3n) is 5.16. The standard InChI is InChI=1S/C22H22N2O4S/c1-28-21-12-11-17(29(26,27)24-13-4-5-14-24)15-19(21)22(25)23-20-10-6-8-16-7-2-3-9-18(16)20/h2-3,6-12,15H,4-5,13-14H2,1H3,(H,23,25). The number of nitrogens with zero attached hydrogens (tertiary/aromatic N) is 1. The number of hydrogen-bond donors (Lipinski definition) is 1. The Kier molecular flexibility index (Phi) is 5.25. The number of ether oxygens (including phenoxy) is 1. The van der Waals surface area contributed by atoms with E-state index in [1.165, 1.54) is 29.6 Å². The zero-order chi connectivity index (χ0) is 20.4. The third-order valence-corrected chi connectivity index (χ3v) is 7.05. The summed E-state index contributed by atoms with van der Waals surface area (Å²) in [5.41, 5.74) is 0.837. The fraction of sp³-hybridized carbons (Fsp3) is 0.227. The van der Waals surface area contributed by atoms with Crippen LogP contribution in [-0.4, -0.2) is 38.8 Å². The molecule has 1 aliphatic heterocycles. The summed E-state index contributed by atoms with van der Waals surface area (Å²) in [6, 6.07) is 17.8. The van der Waals surface area contributed by atoms with Crippen LogP contribution in [0.4, 0.5) is 5.69 Å². The van der Waals surface area contributed by atoms with Gasteiger partial charge in [0, 0.05) is 24.2 Å². The molecule has 1 fully saturated rings. The van der Waals surface area contributed by atoms with Crippen LogP contribution in [0.5, 0.6) is 5.75 Å². The number of methoxy groups -OCH3 is 1. The van der Waals surface area contributed by atoms with Crippen LogP contribution in [0.3, 0.4) is 0 Å². The molecule has 3 aromatic carbocycles. The number of amides is 1. The van der Waals surface area contributed by atoms with E-state index in [9.17, 15) is 13.2 Å². The summed E-state index contributed by atoms with van der Waals surface area (Å²) in [5, 5.41) is 4.80. The van der Waals surface area contributed by atoms with Gasteiger partial charge in [-0.3, -0.25) is 4.79 Å². The maximum Gasteiger partial charge on any atom is 0.259 e. The van der Waals surface area contributed by atoms with Gasteiger partial charge in [-0.05, 0) is 42.5 Å². The van der Waals surface area contributed by atoms with Crippen molar-refractivity contribution >= 4 is 32.4 Å². The lowest BCUT2D eigenvalue weighted by Gasteiger charge is -2.17. The molecular weight excluding hydrogens is 388 g/mol. The molecule has 0 aromatic heterocycles. The summed E-state index contributed by atoms with van der Waals surface area (Å²) in [5.74, 6) is -0.0974. The molecule has 6 nitrogen and oxygen atoms in total. The van der Waals surface area contributed by atoms with Gasteiger partial charge in [-0.1, -0.05) is 36.4 Å². The summed E-state index contributed by atoms with van der Waals surface area (Å²) < 4.78 is 32.6. The van der Waals surface area contributed by atoms with Gasteiger partial charge in [0.15, 0.2) is 0 Å². The van der Waals surface area contributed by atoms with Gasteiger partial charge in [0.05, 0.1) is 17.6 Å². The minimum Gasteiger partial charge on any atom is -0.496 e. The Morgan fingerprint density at radius 1 is 1.00 bits per heavy atom. The highest BCUT2D eigenvalue weighted by Gasteiger charge is 2.28. The molecule has 0 saturated carbocycles. The van der Waals surface area contributed by atoms with E-state index in [1.807, 2.05) is 42.5 Å².